The van der Waals surface area contributed by atoms with E-state index in [9.17, 15) is 9.59 Å². The molecule has 24 heavy (non-hydrogen) atoms. The number of benzene rings is 1. The summed E-state index contributed by atoms with van der Waals surface area (Å²) in [5.74, 6) is -0.824. The van der Waals surface area contributed by atoms with Gasteiger partial charge in [-0.15, -0.1) is 0 Å². The Morgan fingerprint density at radius 1 is 1.17 bits per heavy atom. The number of piperidine rings is 1. The van der Waals surface area contributed by atoms with Gasteiger partial charge >= 0.3 is 12.1 Å². The van der Waals surface area contributed by atoms with Gasteiger partial charge in [0, 0.05) is 13.1 Å². The van der Waals surface area contributed by atoms with E-state index >= 15 is 0 Å². The van der Waals surface area contributed by atoms with E-state index in [1.165, 1.54) is 5.57 Å². The van der Waals surface area contributed by atoms with E-state index in [-0.39, 0.29) is 12.5 Å². The molecule has 0 spiro atoms. The van der Waals surface area contributed by atoms with Crippen LogP contribution in [0.5, 0.6) is 0 Å². The zero-order valence-corrected chi connectivity index (χ0v) is 14.5. The minimum Gasteiger partial charge on any atom is -0.481 e. The standard InChI is InChI=1S/C19H25NO4/c1-19(2,3)24-18(23)20-10-8-16(9-11-20)12-14-4-6-15(7-5-14)13-17(21)22/h4-7,12H,8-11,13H2,1-3H3,(H,21,22). The van der Waals surface area contributed by atoms with Crippen molar-refractivity contribution in [2.24, 2.45) is 0 Å². The average molecular weight is 331 g/mol. The molecular formula is C19H25NO4. The molecule has 130 valence electrons. The second-order valence-corrected chi connectivity index (χ2v) is 7.08. The fraction of sp³-hybridized carbons (Fsp3) is 0.474. The molecule has 5 nitrogen and oxygen atoms in total. The predicted molar refractivity (Wildman–Crippen MR) is 92.8 cm³/mol. The van der Waals surface area contributed by atoms with Crippen LogP contribution in [-0.2, 0) is 16.0 Å². The summed E-state index contributed by atoms with van der Waals surface area (Å²) in [4.78, 5) is 24.5. The molecule has 1 aromatic rings. The molecule has 0 radical (unpaired) electrons. The van der Waals surface area contributed by atoms with Crippen LogP contribution in [0.3, 0.4) is 0 Å². The number of carbonyl (C=O) groups is 2. The van der Waals surface area contributed by atoms with Gasteiger partial charge < -0.3 is 14.7 Å². The molecule has 0 bridgehead atoms. The molecule has 1 aliphatic rings. The lowest BCUT2D eigenvalue weighted by molar-refractivity contribution is -0.136. The molecule has 1 aliphatic heterocycles. The van der Waals surface area contributed by atoms with E-state index in [0.717, 1.165) is 24.0 Å². The van der Waals surface area contributed by atoms with Crippen molar-refractivity contribution in [2.45, 2.75) is 45.6 Å². The maximum Gasteiger partial charge on any atom is 0.410 e. The Kier molecular flexibility index (Phi) is 5.65. The molecule has 1 aromatic carbocycles. The highest BCUT2D eigenvalue weighted by Gasteiger charge is 2.24. The highest BCUT2D eigenvalue weighted by atomic mass is 16.6. The van der Waals surface area contributed by atoms with E-state index in [4.69, 9.17) is 9.84 Å². The molecule has 5 heteroatoms. The van der Waals surface area contributed by atoms with Crippen molar-refractivity contribution in [2.75, 3.05) is 13.1 Å². The lowest BCUT2D eigenvalue weighted by Crippen LogP contribution is -2.40. The van der Waals surface area contributed by atoms with Crippen molar-refractivity contribution < 1.29 is 19.4 Å². The van der Waals surface area contributed by atoms with Crippen LogP contribution in [0.2, 0.25) is 0 Å². The van der Waals surface area contributed by atoms with Crippen molar-refractivity contribution >= 4 is 18.1 Å². The Labute approximate surface area is 142 Å². The van der Waals surface area contributed by atoms with Crippen LogP contribution < -0.4 is 0 Å². The first-order chi connectivity index (χ1) is 11.2. The first kappa shape index (κ1) is 18.0. The van der Waals surface area contributed by atoms with Gasteiger partial charge in [-0.05, 0) is 44.7 Å². The highest BCUT2D eigenvalue weighted by molar-refractivity contribution is 5.70. The fourth-order valence-corrected chi connectivity index (χ4v) is 2.59. The predicted octanol–water partition coefficient (Wildman–Crippen LogP) is 3.73. The van der Waals surface area contributed by atoms with Gasteiger partial charge in [0.2, 0.25) is 0 Å². The number of rotatable bonds is 3. The molecular weight excluding hydrogens is 306 g/mol. The smallest absolute Gasteiger partial charge is 0.410 e. The van der Waals surface area contributed by atoms with Crippen molar-refractivity contribution in [3.8, 4) is 0 Å². The van der Waals surface area contributed by atoms with Gasteiger partial charge in [-0.25, -0.2) is 4.79 Å². The lowest BCUT2D eigenvalue weighted by atomic mass is 10.0. The topological polar surface area (TPSA) is 66.8 Å². The molecule has 1 saturated heterocycles. The second kappa shape index (κ2) is 7.51. The molecule has 0 atom stereocenters. The van der Waals surface area contributed by atoms with Crippen LogP contribution in [0.15, 0.2) is 29.8 Å². The fourth-order valence-electron chi connectivity index (χ4n) is 2.59. The summed E-state index contributed by atoms with van der Waals surface area (Å²) < 4.78 is 5.40. The van der Waals surface area contributed by atoms with Gasteiger partial charge in [-0.1, -0.05) is 35.9 Å². The summed E-state index contributed by atoms with van der Waals surface area (Å²) >= 11 is 0. The van der Waals surface area contributed by atoms with E-state index in [1.807, 2.05) is 45.0 Å². The number of hydrogen-bond donors (Lipinski definition) is 1. The Bertz CT molecular complexity index is 616. The largest absolute Gasteiger partial charge is 0.481 e. The van der Waals surface area contributed by atoms with Gasteiger partial charge in [-0.2, -0.15) is 0 Å². The van der Waals surface area contributed by atoms with Crippen LogP contribution in [-0.4, -0.2) is 40.8 Å². The number of likely N-dealkylation sites (tertiary alicyclic amines) is 1. The van der Waals surface area contributed by atoms with Gasteiger partial charge in [-0.3, -0.25) is 4.79 Å². The molecule has 1 heterocycles. The van der Waals surface area contributed by atoms with Gasteiger partial charge in [0.25, 0.3) is 0 Å². The zero-order valence-electron chi connectivity index (χ0n) is 14.5. The van der Waals surface area contributed by atoms with Crippen molar-refractivity contribution in [1.29, 1.82) is 0 Å². The first-order valence-electron chi connectivity index (χ1n) is 8.21. The molecule has 0 aromatic heterocycles. The number of ether oxygens (including phenoxy) is 1. The Morgan fingerprint density at radius 3 is 2.25 bits per heavy atom. The number of carboxylic acids is 1. The van der Waals surface area contributed by atoms with Gasteiger partial charge in [0.05, 0.1) is 6.42 Å². The molecule has 0 unspecified atom stereocenters. The minimum absolute atomic E-state index is 0.0434. The molecule has 1 N–H and O–H groups in total. The van der Waals surface area contributed by atoms with Crippen LogP contribution in [0.4, 0.5) is 4.79 Å². The third kappa shape index (κ3) is 5.72. The summed E-state index contributed by atoms with van der Waals surface area (Å²) in [6.45, 7) is 6.94. The molecule has 1 amide bonds. The first-order valence-corrected chi connectivity index (χ1v) is 8.21. The van der Waals surface area contributed by atoms with Crippen LogP contribution >= 0.6 is 0 Å². The zero-order chi connectivity index (χ0) is 17.7. The summed E-state index contributed by atoms with van der Waals surface area (Å²) in [5, 5.41) is 8.78. The minimum atomic E-state index is -0.824. The van der Waals surface area contributed by atoms with E-state index in [1.54, 1.807) is 4.90 Å². The summed E-state index contributed by atoms with van der Waals surface area (Å²) in [5.41, 5.74) is 2.68. The molecule has 2 rings (SSSR count). The quantitative estimate of drug-likeness (QED) is 0.916. The van der Waals surface area contributed by atoms with Crippen LogP contribution in [0.1, 0.15) is 44.7 Å². The maximum absolute atomic E-state index is 12.0. The normalized spacial score (nSPS) is 15.1. The number of aliphatic carboxylic acids is 1. The van der Waals surface area contributed by atoms with E-state index in [2.05, 4.69) is 6.08 Å². The maximum atomic E-state index is 12.0. The van der Waals surface area contributed by atoms with E-state index in [0.29, 0.717) is 13.1 Å². The number of nitrogens with zero attached hydrogens (tertiary/aromatic N) is 1. The second-order valence-electron chi connectivity index (χ2n) is 7.08. The Balaban J connectivity index is 1.90. The average Bonchev–Trinajstić information content (AvgIpc) is 2.48. The summed E-state index contributed by atoms with van der Waals surface area (Å²) in [7, 11) is 0. The highest BCUT2D eigenvalue weighted by Crippen LogP contribution is 2.21. The summed E-state index contributed by atoms with van der Waals surface area (Å²) in [6.07, 6.45) is 3.57. The van der Waals surface area contributed by atoms with Crippen molar-refractivity contribution in [1.82, 2.24) is 4.90 Å². The molecule has 1 fully saturated rings. The summed E-state index contributed by atoms with van der Waals surface area (Å²) in [6, 6.07) is 7.56. The Morgan fingerprint density at radius 2 is 1.75 bits per heavy atom. The lowest BCUT2D eigenvalue weighted by Gasteiger charge is -2.31. The molecule has 0 aliphatic carbocycles. The molecule has 0 saturated carbocycles. The van der Waals surface area contributed by atoms with Crippen LogP contribution in [0, 0.1) is 0 Å². The monoisotopic (exact) mass is 331 g/mol. The van der Waals surface area contributed by atoms with Crippen molar-refractivity contribution in [3.63, 3.8) is 0 Å². The van der Waals surface area contributed by atoms with Crippen LogP contribution in [0.25, 0.3) is 6.08 Å². The third-order valence-corrected chi connectivity index (χ3v) is 3.76. The number of carboxylic acid groups (broad SMARTS) is 1. The number of carbonyl (C=O) groups excluding carboxylic acids is 1. The number of hydrogen-bond acceptors (Lipinski definition) is 3. The van der Waals surface area contributed by atoms with Gasteiger partial charge in [0.1, 0.15) is 5.60 Å². The van der Waals surface area contributed by atoms with Gasteiger partial charge in [0.15, 0.2) is 0 Å². The third-order valence-electron chi connectivity index (χ3n) is 3.76. The van der Waals surface area contributed by atoms with E-state index < -0.39 is 11.6 Å². The SMILES string of the molecule is CC(C)(C)OC(=O)N1CCC(=Cc2ccc(CC(=O)O)cc2)CC1. The Hall–Kier alpha value is -2.30. The number of amides is 1. The van der Waals surface area contributed by atoms with Crippen molar-refractivity contribution in [3.05, 3.63) is 41.0 Å².